The molecule has 1 fully saturated rings. The van der Waals surface area contributed by atoms with Crippen LogP contribution in [0.25, 0.3) is 0 Å². The molecule has 0 spiro atoms. The first-order valence-corrected chi connectivity index (χ1v) is 8.66. The lowest BCUT2D eigenvalue weighted by molar-refractivity contribution is -0.131. The van der Waals surface area contributed by atoms with Gasteiger partial charge in [0.25, 0.3) is 0 Å². The quantitative estimate of drug-likeness (QED) is 0.788. The van der Waals surface area contributed by atoms with E-state index in [1.165, 1.54) is 0 Å². The molecule has 0 aromatic heterocycles. The van der Waals surface area contributed by atoms with E-state index in [0.717, 1.165) is 18.4 Å². The van der Waals surface area contributed by atoms with Gasteiger partial charge in [0.2, 0.25) is 11.8 Å². The number of rotatable bonds is 7. The van der Waals surface area contributed by atoms with Crippen LogP contribution in [0.4, 0.5) is 0 Å². The monoisotopic (exact) mass is 342 g/mol. The van der Waals surface area contributed by atoms with Gasteiger partial charge in [-0.1, -0.05) is 30.3 Å². The van der Waals surface area contributed by atoms with Crippen molar-refractivity contribution in [3.63, 3.8) is 0 Å². The Morgan fingerprint density at radius 2 is 2.04 bits per heavy atom. The summed E-state index contributed by atoms with van der Waals surface area (Å²) in [6, 6.07) is 11.6. The standard InChI is InChI=1S/C19H26N4O2/c1-19(2,11-17(24)21-13-15-7-4-3-5-8-15)22-14-18(25)23-10-6-9-16(23)12-20/h3-5,7-8,16,22H,6,9-11,13-14H2,1-2H3,(H,21,24)/t16-/m0/s1. The molecule has 2 amide bonds. The highest BCUT2D eigenvalue weighted by Gasteiger charge is 2.30. The van der Waals surface area contributed by atoms with Crippen molar-refractivity contribution in [1.82, 2.24) is 15.5 Å². The topological polar surface area (TPSA) is 85.2 Å². The summed E-state index contributed by atoms with van der Waals surface area (Å²) in [4.78, 5) is 26.0. The van der Waals surface area contributed by atoms with Crippen molar-refractivity contribution >= 4 is 11.8 Å². The number of carbonyl (C=O) groups excluding carboxylic acids is 2. The van der Waals surface area contributed by atoms with E-state index < -0.39 is 5.54 Å². The highest BCUT2D eigenvalue weighted by Crippen LogP contribution is 2.16. The van der Waals surface area contributed by atoms with Crippen LogP contribution in [-0.2, 0) is 16.1 Å². The number of hydrogen-bond donors (Lipinski definition) is 2. The van der Waals surface area contributed by atoms with Crippen LogP contribution in [0.2, 0.25) is 0 Å². The first-order chi connectivity index (χ1) is 11.9. The SMILES string of the molecule is CC(C)(CC(=O)NCc1ccccc1)NCC(=O)N1CCC[C@H]1C#N. The first kappa shape index (κ1) is 18.9. The molecule has 1 saturated heterocycles. The molecule has 6 heteroatoms. The molecule has 25 heavy (non-hydrogen) atoms. The van der Waals surface area contributed by atoms with Gasteiger partial charge in [0.1, 0.15) is 6.04 Å². The first-order valence-electron chi connectivity index (χ1n) is 8.66. The van der Waals surface area contributed by atoms with Gasteiger partial charge in [-0.05, 0) is 32.3 Å². The average molecular weight is 342 g/mol. The zero-order chi connectivity index (χ0) is 18.3. The number of nitrogens with one attached hydrogen (secondary N) is 2. The summed E-state index contributed by atoms with van der Waals surface area (Å²) >= 11 is 0. The van der Waals surface area contributed by atoms with E-state index in [-0.39, 0.29) is 30.8 Å². The van der Waals surface area contributed by atoms with Crippen LogP contribution in [0, 0.1) is 11.3 Å². The van der Waals surface area contributed by atoms with Gasteiger partial charge >= 0.3 is 0 Å². The fraction of sp³-hybridized carbons (Fsp3) is 0.526. The maximum Gasteiger partial charge on any atom is 0.237 e. The molecule has 1 aliphatic rings. The maximum atomic E-state index is 12.3. The van der Waals surface area contributed by atoms with Gasteiger partial charge in [-0.2, -0.15) is 5.26 Å². The van der Waals surface area contributed by atoms with E-state index in [4.69, 9.17) is 5.26 Å². The second-order valence-electron chi connectivity index (χ2n) is 7.05. The molecule has 0 unspecified atom stereocenters. The molecule has 0 saturated carbocycles. The Hall–Kier alpha value is -2.39. The Bertz CT molecular complexity index is 637. The van der Waals surface area contributed by atoms with E-state index >= 15 is 0 Å². The minimum Gasteiger partial charge on any atom is -0.352 e. The van der Waals surface area contributed by atoms with Crippen LogP contribution in [0.15, 0.2) is 30.3 Å². The van der Waals surface area contributed by atoms with Crippen molar-refractivity contribution in [1.29, 1.82) is 5.26 Å². The second-order valence-corrected chi connectivity index (χ2v) is 7.05. The number of amides is 2. The Balaban J connectivity index is 1.76. The fourth-order valence-electron chi connectivity index (χ4n) is 2.94. The zero-order valence-electron chi connectivity index (χ0n) is 14.9. The van der Waals surface area contributed by atoms with Gasteiger partial charge < -0.3 is 15.5 Å². The molecular weight excluding hydrogens is 316 g/mol. The molecule has 1 aliphatic heterocycles. The van der Waals surface area contributed by atoms with Crippen molar-refractivity contribution in [3.8, 4) is 6.07 Å². The highest BCUT2D eigenvalue weighted by atomic mass is 16.2. The normalized spacial score (nSPS) is 17.2. The molecule has 0 bridgehead atoms. The predicted molar refractivity (Wildman–Crippen MR) is 95.3 cm³/mol. The predicted octanol–water partition coefficient (Wildman–Crippen LogP) is 1.58. The minimum atomic E-state index is -0.502. The van der Waals surface area contributed by atoms with Crippen molar-refractivity contribution in [3.05, 3.63) is 35.9 Å². The fourth-order valence-corrected chi connectivity index (χ4v) is 2.94. The largest absolute Gasteiger partial charge is 0.352 e. The van der Waals surface area contributed by atoms with Gasteiger partial charge in [0.15, 0.2) is 0 Å². The van der Waals surface area contributed by atoms with Gasteiger partial charge in [-0.3, -0.25) is 9.59 Å². The Morgan fingerprint density at radius 3 is 2.72 bits per heavy atom. The van der Waals surface area contributed by atoms with Crippen LogP contribution in [0.1, 0.15) is 38.7 Å². The summed E-state index contributed by atoms with van der Waals surface area (Å²) in [5.41, 5.74) is 0.548. The smallest absolute Gasteiger partial charge is 0.237 e. The summed E-state index contributed by atoms with van der Waals surface area (Å²) in [7, 11) is 0. The van der Waals surface area contributed by atoms with Gasteiger partial charge in [0.05, 0.1) is 12.6 Å². The summed E-state index contributed by atoms with van der Waals surface area (Å²) in [5, 5.41) is 15.1. The second kappa shape index (κ2) is 8.63. The molecule has 2 rings (SSSR count). The molecule has 0 radical (unpaired) electrons. The van der Waals surface area contributed by atoms with Crippen LogP contribution in [-0.4, -0.2) is 41.4 Å². The lowest BCUT2D eigenvalue weighted by Gasteiger charge is -2.27. The number of likely N-dealkylation sites (tertiary alicyclic amines) is 1. The molecule has 134 valence electrons. The third kappa shape index (κ3) is 5.87. The molecule has 0 aliphatic carbocycles. The van der Waals surface area contributed by atoms with Crippen molar-refractivity contribution in [2.24, 2.45) is 0 Å². The average Bonchev–Trinajstić information content (AvgIpc) is 3.07. The third-order valence-corrected chi connectivity index (χ3v) is 4.38. The van der Waals surface area contributed by atoms with E-state index in [1.807, 2.05) is 44.2 Å². The Kier molecular flexibility index (Phi) is 6.54. The van der Waals surface area contributed by atoms with Crippen molar-refractivity contribution < 1.29 is 9.59 Å². The number of benzene rings is 1. The van der Waals surface area contributed by atoms with E-state index in [2.05, 4.69) is 16.7 Å². The lowest BCUT2D eigenvalue weighted by Crippen LogP contribution is -2.49. The molecule has 1 aromatic rings. The highest BCUT2D eigenvalue weighted by molar-refractivity contribution is 5.80. The number of nitriles is 1. The molecular formula is C19H26N4O2. The minimum absolute atomic E-state index is 0.0649. The summed E-state index contributed by atoms with van der Waals surface area (Å²) in [5.74, 6) is -0.147. The van der Waals surface area contributed by atoms with Gasteiger partial charge in [-0.25, -0.2) is 0 Å². The van der Waals surface area contributed by atoms with Crippen LogP contribution in [0.3, 0.4) is 0 Å². The summed E-state index contributed by atoms with van der Waals surface area (Å²) in [6.07, 6.45) is 1.89. The molecule has 2 N–H and O–H groups in total. The maximum absolute atomic E-state index is 12.3. The molecule has 1 atom stereocenters. The van der Waals surface area contributed by atoms with E-state index in [1.54, 1.807) is 4.90 Å². The molecule has 1 heterocycles. The lowest BCUT2D eigenvalue weighted by atomic mass is 10.00. The van der Waals surface area contributed by atoms with Crippen molar-refractivity contribution in [2.75, 3.05) is 13.1 Å². The molecule has 6 nitrogen and oxygen atoms in total. The number of hydrogen-bond acceptors (Lipinski definition) is 4. The Morgan fingerprint density at radius 1 is 1.32 bits per heavy atom. The number of nitrogens with zero attached hydrogens (tertiary/aromatic N) is 2. The van der Waals surface area contributed by atoms with Crippen LogP contribution in [0.5, 0.6) is 0 Å². The van der Waals surface area contributed by atoms with Gasteiger partial charge in [-0.15, -0.1) is 0 Å². The summed E-state index contributed by atoms with van der Waals surface area (Å²) in [6.45, 7) is 5.06. The Labute approximate surface area is 149 Å². The van der Waals surface area contributed by atoms with Crippen LogP contribution < -0.4 is 10.6 Å². The summed E-state index contributed by atoms with van der Waals surface area (Å²) < 4.78 is 0. The zero-order valence-corrected chi connectivity index (χ0v) is 14.9. The van der Waals surface area contributed by atoms with Crippen LogP contribution >= 0.6 is 0 Å². The number of carbonyl (C=O) groups is 2. The van der Waals surface area contributed by atoms with Crippen molar-refractivity contribution in [2.45, 2.75) is 51.2 Å². The third-order valence-electron chi connectivity index (χ3n) is 4.38. The molecule has 1 aromatic carbocycles. The van der Waals surface area contributed by atoms with E-state index in [0.29, 0.717) is 13.1 Å². The van der Waals surface area contributed by atoms with Gasteiger partial charge in [0, 0.05) is 25.0 Å². The van der Waals surface area contributed by atoms with E-state index in [9.17, 15) is 9.59 Å².